The first-order valence-electron chi connectivity index (χ1n) is 5.26. The number of nitrogens with two attached hydrogens (primary N) is 2. The van der Waals surface area contributed by atoms with Gasteiger partial charge in [-0.25, -0.2) is 9.79 Å². The summed E-state index contributed by atoms with van der Waals surface area (Å²) in [5, 5.41) is 7.92. The largest absolute Gasteiger partial charge is 0.411 e. The standard InChI is InChI=1S/C12H13ClN4O2/c1-2-9(7-4-3-5-8(13)6-7)17-10(14)11(15)19-12(16)18/h2-6,15H,1H3,(H2,14,17)(H2,16,18)/b9-2-,15-11?. The Labute approximate surface area is 115 Å². The third kappa shape index (κ3) is 4.44. The van der Waals surface area contributed by atoms with Crippen molar-refractivity contribution >= 4 is 35.1 Å². The number of rotatable bonds is 2. The maximum absolute atomic E-state index is 10.5. The van der Waals surface area contributed by atoms with Crippen molar-refractivity contribution in [2.45, 2.75) is 6.92 Å². The third-order valence-electron chi connectivity index (χ3n) is 2.07. The second kappa shape index (κ2) is 6.55. The Morgan fingerprint density at radius 3 is 2.68 bits per heavy atom. The van der Waals surface area contributed by atoms with Gasteiger partial charge in [-0.15, -0.1) is 0 Å². The molecule has 0 saturated heterocycles. The molecule has 0 spiro atoms. The Bertz CT molecular complexity index is 567. The van der Waals surface area contributed by atoms with Crippen molar-refractivity contribution < 1.29 is 9.53 Å². The van der Waals surface area contributed by atoms with Crippen LogP contribution in [0.2, 0.25) is 5.02 Å². The minimum atomic E-state index is -1.12. The highest BCUT2D eigenvalue weighted by atomic mass is 35.5. The summed E-state index contributed by atoms with van der Waals surface area (Å²) < 4.78 is 4.33. The molecule has 7 heteroatoms. The number of halogens is 1. The lowest BCUT2D eigenvalue weighted by atomic mass is 10.1. The van der Waals surface area contributed by atoms with E-state index in [1.807, 2.05) is 0 Å². The molecule has 0 heterocycles. The molecule has 100 valence electrons. The van der Waals surface area contributed by atoms with Gasteiger partial charge in [-0.05, 0) is 19.1 Å². The van der Waals surface area contributed by atoms with Crippen LogP contribution in [0.5, 0.6) is 0 Å². The molecule has 0 aliphatic rings. The van der Waals surface area contributed by atoms with Crippen LogP contribution in [0.1, 0.15) is 12.5 Å². The number of carbonyl (C=O) groups excluding carboxylic acids is 1. The summed E-state index contributed by atoms with van der Waals surface area (Å²) in [7, 11) is 0. The van der Waals surface area contributed by atoms with E-state index in [9.17, 15) is 4.79 Å². The topological polar surface area (TPSA) is 115 Å². The maximum Gasteiger partial charge on any atom is 0.411 e. The zero-order valence-corrected chi connectivity index (χ0v) is 10.9. The number of nitrogens with one attached hydrogen (secondary N) is 1. The van der Waals surface area contributed by atoms with E-state index in [4.69, 9.17) is 28.5 Å². The quantitative estimate of drug-likeness (QED) is 0.569. The van der Waals surface area contributed by atoms with Gasteiger partial charge < -0.3 is 16.2 Å². The summed E-state index contributed by atoms with van der Waals surface area (Å²) >= 11 is 5.88. The molecule has 1 aromatic carbocycles. The molecule has 0 aliphatic carbocycles. The van der Waals surface area contributed by atoms with Gasteiger partial charge in [0.1, 0.15) is 0 Å². The number of carbonyl (C=O) groups is 1. The highest BCUT2D eigenvalue weighted by Crippen LogP contribution is 2.19. The molecule has 1 aromatic rings. The lowest BCUT2D eigenvalue weighted by Gasteiger charge is -2.05. The number of benzene rings is 1. The molecule has 0 saturated carbocycles. The zero-order chi connectivity index (χ0) is 14.4. The monoisotopic (exact) mass is 280 g/mol. The number of allylic oxidation sites excluding steroid dienone is 1. The Morgan fingerprint density at radius 1 is 1.47 bits per heavy atom. The zero-order valence-electron chi connectivity index (χ0n) is 10.2. The minimum absolute atomic E-state index is 0.258. The van der Waals surface area contributed by atoms with E-state index in [1.54, 1.807) is 37.3 Å². The fourth-order valence-corrected chi connectivity index (χ4v) is 1.47. The fourth-order valence-electron chi connectivity index (χ4n) is 1.28. The molecular formula is C12H13ClN4O2. The van der Waals surface area contributed by atoms with Crippen molar-refractivity contribution in [3.8, 4) is 0 Å². The van der Waals surface area contributed by atoms with E-state index in [0.29, 0.717) is 10.7 Å². The second-order valence-corrected chi connectivity index (χ2v) is 3.87. The second-order valence-electron chi connectivity index (χ2n) is 3.43. The first kappa shape index (κ1) is 14.7. The predicted molar refractivity (Wildman–Crippen MR) is 75.1 cm³/mol. The average Bonchev–Trinajstić information content (AvgIpc) is 2.34. The minimum Gasteiger partial charge on any atom is -0.388 e. The molecule has 1 rings (SSSR count). The molecule has 19 heavy (non-hydrogen) atoms. The van der Waals surface area contributed by atoms with Gasteiger partial charge in [-0.3, -0.25) is 5.41 Å². The summed E-state index contributed by atoms with van der Waals surface area (Å²) in [6.45, 7) is 1.76. The number of amidine groups is 1. The van der Waals surface area contributed by atoms with Crippen LogP contribution in [-0.4, -0.2) is 17.8 Å². The SMILES string of the molecule is C/C=C(\N=C(N)C(=N)OC(N)=O)c1cccc(Cl)c1. The lowest BCUT2D eigenvalue weighted by molar-refractivity contribution is 0.208. The summed E-state index contributed by atoms with van der Waals surface area (Å²) in [6.07, 6.45) is 0.573. The molecule has 0 aliphatic heterocycles. The van der Waals surface area contributed by atoms with Crippen LogP contribution in [0.25, 0.3) is 5.70 Å². The Kier molecular flexibility index (Phi) is 5.08. The number of hydrogen-bond acceptors (Lipinski definition) is 4. The summed E-state index contributed by atoms with van der Waals surface area (Å²) in [4.78, 5) is 14.5. The number of primary amides is 1. The average molecular weight is 281 g/mol. The highest BCUT2D eigenvalue weighted by Gasteiger charge is 2.09. The molecule has 5 N–H and O–H groups in total. The van der Waals surface area contributed by atoms with E-state index < -0.39 is 12.0 Å². The maximum atomic E-state index is 10.5. The van der Waals surface area contributed by atoms with Crippen LogP contribution < -0.4 is 11.5 Å². The smallest absolute Gasteiger partial charge is 0.388 e. The molecule has 0 aromatic heterocycles. The molecule has 0 fully saturated rings. The highest BCUT2D eigenvalue weighted by molar-refractivity contribution is 6.38. The fraction of sp³-hybridized carbons (Fsp3) is 0.0833. The predicted octanol–water partition coefficient (Wildman–Crippen LogP) is 2.13. The summed E-state index contributed by atoms with van der Waals surface area (Å²) in [5.41, 5.74) is 11.5. The van der Waals surface area contributed by atoms with Crippen LogP contribution in [0, 0.1) is 5.41 Å². The van der Waals surface area contributed by atoms with Crippen LogP contribution in [-0.2, 0) is 4.74 Å². The first-order chi connectivity index (χ1) is 8.93. The van der Waals surface area contributed by atoms with Gasteiger partial charge in [0.25, 0.3) is 5.90 Å². The van der Waals surface area contributed by atoms with E-state index in [0.717, 1.165) is 5.56 Å². The van der Waals surface area contributed by atoms with Crippen LogP contribution >= 0.6 is 11.6 Å². The molecule has 0 bridgehead atoms. The number of amides is 1. The number of nitrogens with zero attached hydrogens (tertiary/aromatic N) is 1. The van der Waals surface area contributed by atoms with Gasteiger partial charge in [-0.2, -0.15) is 0 Å². The Hall–Kier alpha value is -2.34. The van der Waals surface area contributed by atoms with Gasteiger partial charge >= 0.3 is 6.09 Å². The lowest BCUT2D eigenvalue weighted by Crippen LogP contribution is -2.30. The van der Waals surface area contributed by atoms with Crippen LogP contribution in [0.3, 0.4) is 0 Å². The summed E-state index contributed by atoms with van der Waals surface area (Å²) in [5.74, 6) is -0.860. The number of aliphatic imine (C=N–C) groups is 1. The van der Waals surface area contributed by atoms with E-state index in [1.165, 1.54) is 0 Å². The molecule has 6 nitrogen and oxygen atoms in total. The van der Waals surface area contributed by atoms with Crippen molar-refractivity contribution in [1.82, 2.24) is 0 Å². The van der Waals surface area contributed by atoms with E-state index in [2.05, 4.69) is 9.73 Å². The van der Waals surface area contributed by atoms with Crippen LogP contribution in [0.15, 0.2) is 35.3 Å². The van der Waals surface area contributed by atoms with Crippen molar-refractivity contribution in [1.29, 1.82) is 5.41 Å². The van der Waals surface area contributed by atoms with Crippen molar-refractivity contribution in [3.63, 3.8) is 0 Å². The van der Waals surface area contributed by atoms with E-state index >= 15 is 0 Å². The molecule has 0 atom stereocenters. The van der Waals surface area contributed by atoms with Crippen molar-refractivity contribution in [2.24, 2.45) is 16.5 Å². The summed E-state index contributed by atoms with van der Waals surface area (Å²) in [6, 6.07) is 6.98. The van der Waals surface area contributed by atoms with Crippen LogP contribution in [0.4, 0.5) is 4.79 Å². The van der Waals surface area contributed by atoms with Gasteiger partial charge in [0.2, 0.25) is 0 Å². The number of ether oxygens (including phenoxy) is 1. The molecular weight excluding hydrogens is 268 g/mol. The van der Waals surface area contributed by atoms with Crippen molar-refractivity contribution in [3.05, 3.63) is 40.9 Å². The first-order valence-corrected chi connectivity index (χ1v) is 5.64. The molecule has 0 radical (unpaired) electrons. The van der Waals surface area contributed by atoms with Gasteiger partial charge in [-0.1, -0.05) is 29.8 Å². The van der Waals surface area contributed by atoms with Crippen molar-refractivity contribution in [2.75, 3.05) is 0 Å². The third-order valence-corrected chi connectivity index (χ3v) is 2.31. The van der Waals surface area contributed by atoms with E-state index in [-0.39, 0.29) is 5.84 Å². The van der Waals surface area contributed by atoms with Gasteiger partial charge in [0.15, 0.2) is 5.84 Å². The molecule has 0 unspecified atom stereocenters. The molecule has 1 amide bonds. The number of hydrogen-bond donors (Lipinski definition) is 3. The van der Waals surface area contributed by atoms with Gasteiger partial charge in [0, 0.05) is 10.6 Å². The Balaban J connectivity index is 3.00. The van der Waals surface area contributed by atoms with Gasteiger partial charge in [0.05, 0.1) is 5.70 Å². The Morgan fingerprint density at radius 2 is 2.16 bits per heavy atom. The normalized spacial score (nSPS) is 12.1.